The van der Waals surface area contributed by atoms with E-state index in [2.05, 4.69) is 41.3 Å². The Bertz CT molecular complexity index is 1370. The van der Waals surface area contributed by atoms with Gasteiger partial charge in [-0.1, -0.05) is 12.1 Å². The number of imidazole rings is 1. The Morgan fingerprint density at radius 1 is 0.973 bits per heavy atom. The van der Waals surface area contributed by atoms with Gasteiger partial charge in [-0.3, -0.25) is 0 Å². The Morgan fingerprint density at radius 2 is 1.78 bits per heavy atom. The molecule has 0 bridgehead atoms. The number of pyridine rings is 1. The number of rotatable bonds is 5. The van der Waals surface area contributed by atoms with Gasteiger partial charge in [-0.25, -0.2) is 9.97 Å². The largest absolute Gasteiger partial charge is 0.453 e. The first kappa shape index (κ1) is 23.7. The van der Waals surface area contributed by atoms with E-state index in [-0.39, 0.29) is 11.8 Å². The number of hydrogen-bond acceptors (Lipinski definition) is 6. The van der Waals surface area contributed by atoms with Gasteiger partial charge in [0.1, 0.15) is 0 Å². The molecule has 0 saturated carbocycles. The molecule has 11 heteroatoms. The summed E-state index contributed by atoms with van der Waals surface area (Å²) in [6, 6.07) is 11.6. The molecule has 37 heavy (non-hydrogen) atoms. The summed E-state index contributed by atoms with van der Waals surface area (Å²) in [6.45, 7) is 2.36. The average Bonchev–Trinajstić information content (AvgIpc) is 3.65. The molecular formula is C26H27F3N8. The summed E-state index contributed by atoms with van der Waals surface area (Å²) in [4.78, 5) is 17.8. The first-order valence-electron chi connectivity index (χ1n) is 12.6. The lowest BCUT2D eigenvalue weighted by Crippen LogP contribution is -2.32. The molecule has 0 amide bonds. The fraction of sp³-hybridized carbons (Fsp3) is 0.385. The van der Waals surface area contributed by atoms with Gasteiger partial charge >= 0.3 is 6.18 Å². The Hall–Kier alpha value is -3.73. The normalized spacial score (nSPS) is 18.5. The predicted octanol–water partition coefficient (Wildman–Crippen LogP) is 5.16. The van der Waals surface area contributed by atoms with Gasteiger partial charge in [-0.15, -0.1) is 5.10 Å². The molecule has 1 atom stereocenters. The highest BCUT2D eigenvalue weighted by molar-refractivity contribution is 5.59. The zero-order valence-corrected chi connectivity index (χ0v) is 20.2. The number of fused-ring (bicyclic) bond motifs is 1. The number of alkyl halides is 3. The quantitative estimate of drug-likeness (QED) is 0.362. The maximum atomic E-state index is 13.6. The third-order valence-corrected chi connectivity index (χ3v) is 7.20. The summed E-state index contributed by atoms with van der Waals surface area (Å²) in [5.41, 5.74) is 4.38. The molecule has 0 spiro atoms. The second-order valence-electron chi connectivity index (χ2n) is 9.60. The Kier molecular flexibility index (Phi) is 6.15. The van der Waals surface area contributed by atoms with E-state index in [0.717, 1.165) is 30.4 Å². The molecule has 8 nitrogen and oxygen atoms in total. The van der Waals surface area contributed by atoms with Crippen LogP contribution in [-0.2, 0) is 19.0 Å². The monoisotopic (exact) mass is 508 g/mol. The van der Waals surface area contributed by atoms with E-state index in [0.29, 0.717) is 23.1 Å². The number of aryl methyl sites for hydroxylation is 2. The first-order valence-corrected chi connectivity index (χ1v) is 12.6. The number of hydrogen-bond donors (Lipinski definition) is 2. The molecule has 1 aliphatic heterocycles. The number of halogens is 3. The van der Waals surface area contributed by atoms with Crippen LogP contribution in [0.1, 0.15) is 42.6 Å². The van der Waals surface area contributed by atoms with Crippen LogP contribution in [0.4, 0.5) is 24.8 Å². The summed E-state index contributed by atoms with van der Waals surface area (Å²) in [7, 11) is 0. The van der Waals surface area contributed by atoms with Gasteiger partial charge in [-0.2, -0.15) is 22.8 Å². The second-order valence-corrected chi connectivity index (χ2v) is 9.60. The predicted molar refractivity (Wildman–Crippen MR) is 133 cm³/mol. The standard InChI is InChI=1S/C26H27F3N8/c27-26(28,29)24-34-25(37(35-24)23-5-3-4-21(33-23)22-15-30-16-31-22)32-19-9-6-17-7-10-20(11-8-18(17)14-19)36-12-1-2-13-36/h3-6,9,14-16,20H,1-2,7-8,10-13H2,(H,30,31)(H,32,34,35). The molecule has 0 radical (unpaired) electrons. The smallest absolute Gasteiger partial charge is 0.343 e. The van der Waals surface area contributed by atoms with Crippen LogP contribution in [-0.4, -0.2) is 53.7 Å². The van der Waals surface area contributed by atoms with Crippen molar-refractivity contribution in [1.82, 2.24) is 34.6 Å². The first-order chi connectivity index (χ1) is 17.9. The van der Waals surface area contributed by atoms with Gasteiger partial charge in [0.25, 0.3) is 5.82 Å². The topological polar surface area (TPSA) is 87.5 Å². The summed E-state index contributed by atoms with van der Waals surface area (Å²) in [5, 5.41) is 6.82. The van der Waals surface area contributed by atoms with Crippen molar-refractivity contribution in [2.75, 3.05) is 18.4 Å². The molecule has 1 saturated heterocycles. The molecule has 1 aliphatic carbocycles. The summed E-state index contributed by atoms with van der Waals surface area (Å²) in [6.07, 6.45) is 5.15. The lowest BCUT2D eigenvalue weighted by atomic mass is 10.0. The van der Waals surface area contributed by atoms with Gasteiger partial charge in [0.15, 0.2) is 5.82 Å². The Labute approximate surface area is 212 Å². The minimum Gasteiger partial charge on any atom is -0.343 e. The van der Waals surface area contributed by atoms with Gasteiger partial charge in [0.2, 0.25) is 5.95 Å². The van der Waals surface area contributed by atoms with Crippen molar-refractivity contribution in [2.24, 2.45) is 0 Å². The van der Waals surface area contributed by atoms with E-state index in [9.17, 15) is 13.2 Å². The van der Waals surface area contributed by atoms with Crippen molar-refractivity contribution in [3.63, 3.8) is 0 Å². The molecule has 2 N–H and O–H groups in total. The van der Waals surface area contributed by atoms with E-state index < -0.39 is 12.0 Å². The SMILES string of the molecule is FC(F)(F)c1nc(Nc2ccc3c(c2)CCC(N2CCCC2)CC3)n(-c2cccc(-c3cnc[nH]3)n2)n1. The van der Waals surface area contributed by atoms with Gasteiger partial charge in [0, 0.05) is 11.7 Å². The molecular weight excluding hydrogens is 481 g/mol. The van der Waals surface area contributed by atoms with E-state index in [1.807, 2.05) is 12.1 Å². The lowest BCUT2D eigenvalue weighted by molar-refractivity contribution is -0.144. The number of nitrogens with one attached hydrogen (secondary N) is 2. The fourth-order valence-electron chi connectivity index (χ4n) is 5.33. The molecule has 1 fully saturated rings. The number of aromatic amines is 1. The van der Waals surface area contributed by atoms with Crippen molar-refractivity contribution in [2.45, 2.75) is 50.7 Å². The molecule has 1 aromatic carbocycles. The zero-order chi connectivity index (χ0) is 25.4. The second kappa shape index (κ2) is 9.62. The van der Waals surface area contributed by atoms with E-state index in [1.165, 1.54) is 43.4 Å². The molecule has 4 aromatic rings. The van der Waals surface area contributed by atoms with Crippen molar-refractivity contribution in [1.29, 1.82) is 0 Å². The third kappa shape index (κ3) is 4.95. The van der Waals surface area contributed by atoms with Crippen LogP contribution in [0.15, 0.2) is 48.9 Å². The van der Waals surface area contributed by atoms with Crippen LogP contribution in [0.5, 0.6) is 0 Å². The van der Waals surface area contributed by atoms with Crippen LogP contribution < -0.4 is 5.32 Å². The maximum Gasteiger partial charge on any atom is 0.453 e. The van der Waals surface area contributed by atoms with Crippen molar-refractivity contribution < 1.29 is 13.2 Å². The number of likely N-dealkylation sites (tertiary alicyclic amines) is 1. The van der Waals surface area contributed by atoms with Gasteiger partial charge in [0.05, 0.1) is 23.9 Å². The Morgan fingerprint density at radius 3 is 2.54 bits per heavy atom. The van der Waals surface area contributed by atoms with Gasteiger partial charge < -0.3 is 15.2 Å². The molecule has 4 heterocycles. The summed E-state index contributed by atoms with van der Waals surface area (Å²) in [5.74, 6) is -1.07. The number of H-pyrrole nitrogens is 1. The van der Waals surface area contributed by atoms with Crippen LogP contribution in [0.2, 0.25) is 0 Å². The lowest BCUT2D eigenvalue weighted by Gasteiger charge is -2.25. The molecule has 1 unspecified atom stereocenters. The molecule has 3 aromatic heterocycles. The van der Waals surface area contributed by atoms with E-state index in [1.54, 1.807) is 24.4 Å². The van der Waals surface area contributed by atoms with Crippen LogP contribution in [0.3, 0.4) is 0 Å². The van der Waals surface area contributed by atoms with Crippen LogP contribution >= 0.6 is 0 Å². The number of nitrogens with zero attached hydrogens (tertiary/aromatic N) is 6. The third-order valence-electron chi connectivity index (χ3n) is 7.20. The minimum absolute atomic E-state index is 0.0508. The molecule has 192 valence electrons. The summed E-state index contributed by atoms with van der Waals surface area (Å²) >= 11 is 0. The highest BCUT2D eigenvalue weighted by atomic mass is 19.4. The molecule has 2 aliphatic rings. The van der Waals surface area contributed by atoms with E-state index >= 15 is 0 Å². The summed E-state index contributed by atoms with van der Waals surface area (Å²) < 4.78 is 41.8. The number of benzene rings is 1. The number of aromatic nitrogens is 6. The molecule has 6 rings (SSSR count). The zero-order valence-electron chi connectivity index (χ0n) is 20.2. The van der Waals surface area contributed by atoms with Crippen molar-refractivity contribution in [3.8, 4) is 17.2 Å². The minimum atomic E-state index is -4.69. The van der Waals surface area contributed by atoms with Crippen LogP contribution in [0.25, 0.3) is 17.2 Å². The average molecular weight is 509 g/mol. The maximum absolute atomic E-state index is 13.6. The van der Waals surface area contributed by atoms with Crippen molar-refractivity contribution in [3.05, 3.63) is 65.9 Å². The van der Waals surface area contributed by atoms with Crippen LogP contribution in [0, 0.1) is 0 Å². The van der Waals surface area contributed by atoms with Gasteiger partial charge in [-0.05, 0) is 87.0 Å². The fourth-order valence-corrected chi connectivity index (χ4v) is 5.33. The number of anilines is 2. The Balaban J connectivity index is 1.29. The highest BCUT2D eigenvalue weighted by Crippen LogP contribution is 2.32. The highest BCUT2D eigenvalue weighted by Gasteiger charge is 2.37. The van der Waals surface area contributed by atoms with E-state index in [4.69, 9.17) is 0 Å². The van der Waals surface area contributed by atoms with Crippen molar-refractivity contribution >= 4 is 11.6 Å².